The van der Waals surface area contributed by atoms with Crippen molar-refractivity contribution in [2.24, 2.45) is 0 Å². The van der Waals surface area contributed by atoms with Crippen molar-refractivity contribution in [2.75, 3.05) is 27.8 Å². The first-order valence-corrected chi connectivity index (χ1v) is 8.91. The molecule has 0 aliphatic carbocycles. The highest BCUT2D eigenvalue weighted by Gasteiger charge is 2.40. The fraction of sp³-hybridized carbons (Fsp3) is 0.467. The number of hydrogen-bond donors (Lipinski definition) is 2. The largest absolute Gasteiger partial charge is 0.495 e. The van der Waals surface area contributed by atoms with Crippen molar-refractivity contribution < 1.29 is 32.6 Å². The molecule has 2 atom stereocenters. The number of likely N-dealkylation sites (tertiary alicyclic amines) is 1. The first kappa shape index (κ1) is 19.2. The van der Waals surface area contributed by atoms with E-state index in [1.807, 2.05) is 0 Å². The fourth-order valence-corrected chi connectivity index (χ4v) is 3.64. The second-order valence-electron chi connectivity index (χ2n) is 5.48. The third kappa shape index (κ3) is 3.75. The summed E-state index contributed by atoms with van der Waals surface area (Å²) in [5, 5.41) is 9.32. The highest BCUT2D eigenvalue weighted by molar-refractivity contribution is 7.89. The third-order valence-electron chi connectivity index (χ3n) is 4.11. The molecule has 1 aromatic rings. The van der Waals surface area contributed by atoms with Crippen LogP contribution in [0.4, 0.5) is 0 Å². The monoisotopic (exact) mass is 372 g/mol. The SMILES string of the molecule is CNS(=O)(=O)c1cc(C(=O)N2CC(OC)CC2C(=O)O)ccc1OC. The molecule has 0 saturated carbocycles. The van der Waals surface area contributed by atoms with Gasteiger partial charge in [0.1, 0.15) is 16.7 Å². The van der Waals surface area contributed by atoms with E-state index in [0.717, 1.165) is 0 Å². The molecule has 1 heterocycles. The maximum atomic E-state index is 12.7. The molecule has 1 amide bonds. The molecule has 0 spiro atoms. The number of sulfonamides is 1. The Bertz CT molecular complexity index is 778. The number of carboxylic acids is 1. The predicted molar refractivity (Wildman–Crippen MR) is 87.1 cm³/mol. The quantitative estimate of drug-likeness (QED) is 0.716. The lowest BCUT2D eigenvalue weighted by atomic mass is 10.1. The van der Waals surface area contributed by atoms with Gasteiger partial charge in [0.15, 0.2) is 0 Å². The molecule has 0 aromatic heterocycles. The van der Waals surface area contributed by atoms with Crippen LogP contribution in [0.15, 0.2) is 23.1 Å². The zero-order valence-corrected chi connectivity index (χ0v) is 14.9. The summed E-state index contributed by atoms with van der Waals surface area (Å²) in [6.07, 6.45) is -0.209. The Morgan fingerprint density at radius 1 is 1.32 bits per heavy atom. The third-order valence-corrected chi connectivity index (χ3v) is 5.55. The van der Waals surface area contributed by atoms with E-state index in [0.29, 0.717) is 0 Å². The van der Waals surface area contributed by atoms with Crippen molar-refractivity contribution in [3.8, 4) is 5.75 Å². The van der Waals surface area contributed by atoms with E-state index in [2.05, 4.69) is 4.72 Å². The van der Waals surface area contributed by atoms with Crippen molar-refractivity contribution in [1.82, 2.24) is 9.62 Å². The van der Waals surface area contributed by atoms with Crippen molar-refractivity contribution in [2.45, 2.75) is 23.5 Å². The van der Waals surface area contributed by atoms with Crippen molar-refractivity contribution in [3.05, 3.63) is 23.8 Å². The Hall–Kier alpha value is -2.17. The van der Waals surface area contributed by atoms with Crippen LogP contribution in [0, 0.1) is 0 Å². The molecule has 10 heteroatoms. The van der Waals surface area contributed by atoms with Crippen molar-refractivity contribution in [3.63, 3.8) is 0 Å². The summed E-state index contributed by atoms with van der Waals surface area (Å²) in [6, 6.07) is 2.90. The van der Waals surface area contributed by atoms with E-state index < -0.39 is 27.9 Å². The zero-order valence-electron chi connectivity index (χ0n) is 14.1. The molecule has 2 unspecified atom stereocenters. The number of carbonyl (C=O) groups excluding carboxylic acids is 1. The lowest BCUT2D eigenvalue weighted by Crippen LogP contribution is -2.40. The van der Waals surface area contributed by atoms with Gasteiger partial charge in [-0.2, -0.15) is 0 Å². The van der Waals surface area contributed by atoms with Crippen LogP contribution >= 0.6 is 0 Å². The Kier molecular flexibility index (Phi) is 5.65. The second-order valence-corrected chi connectivity index (χ2v) is 7.33. The fourth-order valence-electron chi connectivity index (χ4n) is 2.72. The van der Waals surface area contributed by atoms with Gasteiger partial charge in [-0.15, -0.1) is 0 Å². The Labute approximate surface area is 145 Å². The van der Waals surface area contributed by atoms with Gasteiger partial charge in [-0.05, 0) is 25.2 Å². The molecule has 0 bridgehead atoms. The van der Waals surface area contributed by atoms with Gasteiger partial charge >= 0.3 is 5.97 Å². The molecule has 1 saturated heterocycles. The molecule has 9 nitrogen and oxygen atoms in total. The summed E-state index contributed by atoms with van der Waals surface area (Å²) in [6.45, 7) is 0.118. The predicted octanol–water partition coefficient (Wildman–Crippen LogP) is -0.0826. The van der Waals surface area contributed by atoms with Gasteiger partial charge in [0.2, 0.25) is 10.0 Å². The summed E-state index contributed by atoms with van der Waals surface area (Å²) < 4.78 is 36.6. The highest BCUT2D eigenvalue weighted by atomic mass is 32.2. The number of methoxy groups -OCH3 is 2. The average molecular weight is 372 g/mol. The summed E-state index contributed by atoms with van der Waals surface area (Å²) in [4.78, 5) is 25.1. The minimum atomic E-state index is -3.85. The molecule has 1 fully saturated rings. The number of carbonyl (C=O) groups is 2. The minimum absolute atomic E-state index is 0.0534. The number of hydrogen-bond acceptors (Lipinski definition) is 6. The first-order valence-electron chi connectivity index (χ1n) is 7.43. The molecule has 1 aliphatic heterocycles. The van der Waals surface area contributed by atoms with Crippen molar-refractivity contribution in [1.29, 1.82) is 0 Å². The van der Waals surface area contributed by atoms with E-state index in [1.165, 1.54) is 44.4 Å². The normalized spacial score (nSPS) is 20.5. The number of carboxylic acid groups (broad SMARTS) is 1. The molecule has 0 radical (unpaired) electrons. The maximum Gasteiger partial charge on any atom is 0.326 e. The van der Waals surface area contributed by atoms with Crippen LogP contribution in [-0.4, -0.2) is 70.3 Å². The van der Waals surface area contributed by atoms with Gasteiger partial charge < -0.3 is 19.5 Å². The molecule has 1 aromatic carbocycles. The van der Waals surface area contributed by atoms with Gasteiger partial charge in [-0.25, -0.2) is 17.9 Å². The number of ether oxygens (including phenoxy) is 2. The van der Waals surface area contributed by atoms with E-state index >= 15 is 0 Å². The van der Waals surface area contributed by atoms with Gasteiger partial charge in [-0.3, -0.25) is 4.79 Å². The molecular formula is C15H20N2O7S. The number of nitrogens with zero attached hydrogens (tertiary/aromatic N) is 1. The van der Waals surface area contributed by atoms with Crippen LogP contribution in [0.1, 0.15) is 16.8 Å². The standard InChI is InChI=1S/C15H20N2O7S/c1-16-25(21,22)13-6-9(4-5-12(13)24-3)14(18)17-8-10(23-2)7-11(17)15(19)20/h4-6,10-11,16H,7-8H2,1-3H3,(H,19,20). The summed E-state index contributed by atoms with van der Waals surface area (Å²) >= 11 is 0. The summed E-state index contributed by atoms with van der Waals surface area (Å²) in [5.41, 5.74) is 0.0534. The molecule has 2 rings (SSSR count). The molecular weight excluding hydrogens is 352 g/mol. The number of benzene rings is 1. The van der Waals surface area contributed by atoms with E-state index in [1.54, 1.807) is 0 Å². The minimum Gasteiger partial charge on any atom is -0.495 e. The van der Waals surface area contributed by atoms with Crippen LogP contribution in [0.25, 0.3) is 0 Å². The number of aliphatic carboxylic acids is 1. The summed E-state index contributed by atoms with van der Waals surface area (Å²) in [7, 11) is 0.153. The van der Waals surface area contributed by atoms with Gasteiger partial charge in [0.25, 0.3) is 5.91 Å². The van der Waals surface area contributed by atoms with Crippen LogP contribution in [0.2, 0.25) is 0 Å². The van der Waals surface area contributed by atoms with Gasteiger partial charge in [0.05, 0.1) is 13.2 Å². The maximum absolute atomic E-state index is 12.7. The molecule has 2 N–H and O–H groups in total. The first-order chi connectivity index (χ1) is 11.7. The van der Waals surface area contributed by atoms with E-state index in [9.17, 15) is 23.1 Å². The summed E-state index contributed by atoms with van der Waals surface area (Å²) in [5.74, 6) is -1.64. The highest BCUT2D eigenvalue weighted by Crippen LogP contribution is 2.28. The number of rotatable bonds is 6. The zero-order chi connectivity index (χ0) is 18.8. The molecule has 138 valence electrons. The lowest BCUT2D eigenvalue weighted by Gasteiger charge is -2.22. The van der Waals surface area contributed by atoms with Crippen LogP contribution in [0.3, 0.4) is 0 Å². The average Bonchev–Trinajstić information content (AvgIpc) is 3.05. The van der Waals surface area contributed by atoms with Crippen LogP contribution < -0.4 is 9.46 Å². The van der Waals surface area contributed by atoms with Gasteiger partial charge in [0, 0.05) is 25.6 Å². The van der Waals surface area contributed by atoms with Crippen LogP contribution in [-0.2, 0) is 19.6 Å². The topological polar surface area (TPSA) is 122 Å². The lowest BCUT2D eigenvalue weighted by molar-refractivity contribution is -0.141. The second kappa shape index (κ2) is 7.38. The Morgan fingerprint density at radius 2 is 2.00 bits per heavy atom. The smallest absolute Gasteiger partial charge is 0.326 e. The Balaban J connectivity index is 2.42. The van der Waals surface area contributed by atoms with E-state index in [4.69, 9.17) is 9.47 Å². The van der Waals surface area contributed by atoms with Crippen LogP contribution in [0.5, 0.6) is 5.75 Å². The number of nitrogens with one attached hydrogen (secondary N) is 1. The van der Waals surface area contributed by atoms with E-state index in [-0.39, 0.29) is 35.3 Å². The molecule has 1 aliphatic rings. The molecule has 25 heavy (non-hydrogen) atoms. The Morgan fingerprint density at radius 3 is 2.52 bits per heavy atom. The van der Waals surface area contributed by atoms with Crippen molar-refractivity contribution >= 4 is 21.9 Å². The van der Waals surface area contributed by atoms with Gasteiger partial charge in [-0.1, -0.05) is 0 Å². The number of amides is 1.